The molecule has 0 bridgehead atoms. The highest BCUT2D eigenvalue weighted by Gasteiger charge is 2.35. The summed E-state index contributed by atoms with van der Waals surface area (Å²) in [6.07, 6.45) is 1.66. The van der Waals surface area contributed by atoms with Crippen LogP contribution in [0.5, 0.6) is 17.2 Å². The van der Waals surface area contributed by atoms with E-state index < -0.39 is 5.60 Å². The molecule has 0 saturated carbocycles. The van der Waals surface area contributed by atoms with Gasteiger partial charge in [0.2, 0.25) is 0 Å². The lowest BCUT2D eigenvalue weighted by Gasteiger charge is -2.37. The van der Waals surface area contributed by atoms with Crippen molar-refractivity contribution in [1.82, 2.24) is 0 Å². The van der Waals surface area contributed by atoms with Gasteiger partial charge in [-0.25, -0.2) is 0 Å². The van der Waals surface area contributed by atoms with Gasteiger partial charge in [-0.15, -0.1) is 0 Å². The summed E-state index contributed by atoms with van der Waals surface area (Å²) < 4.78 is 17.8. The number of nitrogen functional groups attached to an aromatic ring is 1. The molecule has 27 heavy (non-hydrogen) atoms. The number of benzene rings is 2. The minimum absolute atomic E-state index is 0.306. The molecule has 0 saturated heterocycles. The summed E-state index contributed by atoms with van der Waals surface area (Å²) in [6, 6.07) is 7.37. The first-order chi connectivity index (χ1) is 12.7. The van der Waals surface area contributed by atoms with Crippen molar-refractivity contribution in [2.75, 3.05) is 12.3 Å². The fourth-order valence-corrected chi connectivity index (χ4v) is 3.48. The second kappa shape index (κ2) is 7.14. The smallest absolute Gasteiger partial charge is 0.308 e. The Morgan fingerprint density at radius 2 is 1.81 bits per heavy atom. The molecule has 1 atom stereocenters. The Kier molecular flexibility index (Phi) is 5.05. The maximum atomic E-state index is 11.5. The van der Waals surface area contributed by atoms with Crippen LogP contribution in [-0.4, -0.2) is 18.2 Å². The molecule has 0 aromatic heterocycles. The van der Waals surface area contributed by atoms with Gasteiger partial charge in [0.25, 0.3) is 0 Å². The van der Waals surface area contributed by atoms with Gasteiger partial charge >= 0.3 is 5.97 Å². The lowest BCUT2D eigenvalue weighted by Crippen LogP contribution is -2.42. The Labute approximate surface area is 160 Å². The van der Waals surface area contributed by atoms with Crippen LogP contribution in [0, 0.1) is 20.8 Å². The molecule has 1 aliphatic rings. The van der Waals surface area contributed by atoms with Crippen LogP contribution in [0.2, 0.25) is 0 Å². The summed E-state index contributed by atoms with van der Waals surface area (Å²) in [5.74, 6) is 2.01. The number of hydrogen-bond donors (Lipinski definition) is 1. The van der Waals surface area contributed by atoms with Crippen molar-refractivity contribution in [3.05, 3.63) is 46.5 Å². The molecule has 2 N–H and O–H groups in total. The van der Waals surface area contributed by atoms with E-state index in [1.807, 2.05) is 45.0 Å². The Morgan fingerprint density at radius 3 is 2.44 bits per heavy atom. The maximum Gasteiger partial charge on any atom is 0.308 e. The monoisotopic (exact) mass is 369 g/mol. The SMILES string of the molecule is CC(=O)Oc1c(C)c(C)c2c(c1C)CCC(C)(COc1ccc(N)cc1)O2. The molecule has 0 aliphatic carbocycles. The number of carbonyl (C=O) groups excluding carboxylic acids is 1. The number of fused-ring (bicyclic) bond motifs is 1. The normalized spacial score (nSPS) is 18.4. The summed E-state index contributed by atoms with van der Waals surface area (Å²) in [4.78, 5) is 11.5. The van der Waals surface area contributed by atoms with Gasteiger partial charge < -0.3 is 19.9 Å². The van der Waals surface area contributed by atoms with E-state index in [2.05, 4.69) is 6.92 Å². The summed E-state index contributed by atoms with van der Waals surface area (Å²) in [6.45, 7) is 9.89. The molecule has 144 valence electrons. The van der Waals surface area contributed by atoms with E-state index in [4.69, 9.17) is 19.9 Å². The highest BCUT2D eigenvalue weighted by atomic mass is 16.5. The summed E-state index contributed by atoms with van der Waals surface area (Å²) in [7, 11) is 0. The molecule has 5 nitrogen and oxygen atoms in total. The number of ether oxygens (including phenoxy) is 3. The van der Waals surface area contributed by atoms with Gasteiger partial charge in [0.1, 0.15) is 29.5 Å². The predicted molar refractivity (Wildman–Crippen MR) is 106 cm³/mol. The van der Waals surface area contributed by atoms with Gasteiger partial charge in [-0.1, -0.05) is 0 Å². The number of rotatable bonds is 4. The van der Waals surface area contributed by atoms with Crippen LogP contribution in [0.1, 0.15) is 42.5 Å². The van der Waals surface area contributed by atoms with Crippen molar-refractivity contribution in [2.24, 2.45) is 0 Å². The molecule has 1 heterocycles. The van der Waals surface area contributed by atoms with Crippen molar-refractivity contribution >= 4 is 11.7 Å². The lowest BCUT2D eigenvalue weighted by molar-refractivity contribution is -0.132. The first-order valence-corrected chi connectivity index (χ1v) is 9.18. The van der Waals surface area contributed by atoms with E-state index in [-0.39, 0.29) is 5.97 Å². The Hall–Kier alpha value is -2.69. The van der Waals surface area contributed by atoms with Crippen LogP contribution >= 0.6 is 0 Å². The fourth-order valence-electron chi connectivity index (χ4n) is 3.48. The zero-order valence-electron chi connectivity index (χ0n) is 16.6. The predicted octanol–water partition coefficient (Wildman–Crippen LogP) is 4.28. The van der Waals surface area contributed by atoms with Crippen LogP contribution in [0.15, 0.2) is 24.3 Å². The van der Waals surface area contributed by atoms with Crippen molar-refractivity contribution in [3.63, 3.8) is 0 Å². The zero-order chi connectivity index (χ0) is 19.8. The second-order valence-electron chi connectivity index (χ2n) is 7.52. The van der Waals surface area contributed by atoms with E-state index in [1.54, 1.807) is 0 Å². The molecule has 1 unspecified atom stereocenters. The summed E-state index contributed by atoms with van der Waals surface area (Å²) in [5, 5.41) is 0. The number of esters is 1. The third-order valence-electron chi connectivity index (χ3n) is 5.23. The van der Waals surface area contributed by atoms with Crippen molar-refractivity contribution in [1.29, 1.82) is 0 Å². The molecule has 3 rings (SSSR count). The molecular weight excluding hydrogens is 342 g/mol. The zero-order valence-corrected chi connectivity index (χ0v) is 16.6. The summed E-state index contributed by atoms with van der Waals surface area (Å²) in [5.41, 5.74) is 10.0. The average molecular weight is 369 g/mol. The number of hydrogen-bond acceptors (Lipinski definition) is 5. The molecule has 0 radical (unpaired) electrons. The van der Waals surface area contributed by atoms with Crippen molar-refractivity contribution in [2.45, 2.75) is 53.1 Å². The van der Waals surface area contributed by atoms with Gasteiger partial charge in [0.15, 0.2) is 0 Å². The number of anilines is 1. The van der Waals surface area contributed by atoms with Crippen LogP contribution in [0.25, 0.3) is 0 Å². The van der Waals surface area contributed by atoms with Crippen molar-refractivity contribution in [3.8, 4) is 17.2 Å². The maximum absolute atomic E-state index is 11.5. The summed E-state index contributed by atoms with van der Waals surface area (Å²) >= 11 is 0. The number of carbonyl (C=O) groups is 1. The van der Waals surface area contributed by atoms with Gasteiger partial charge in [0.05, 0.1) is 0 Å². The van der Waals surface area contributed by atoms with E-state index in [0.29, 0.717) is 18.0 Å². The van der Waals surface area contributed by atoms with E-state index in [0.717, 1.165) is 46.6 Å². The molecule has 1 aliphatic heterocycles. The molecule has 5 heteroatoms. The topological polar surface area (TPSA) is 70.8 Å². The quantitative estimate of drug-likeness (QED) is 0.495. The van der Waals surface area contributed by atoms with Crippen LogP contribution in [0.3, 0.4) is 0 Å². The van der Waals surface area contributed by atoms with E-state index in [9.17, 15) is 4.79 Å². The first kappa shape index (κ1) is 19.1. The first-order valence-electron chi connectivity index (χ1n) is 9.18. The minimum Gasteiger partial charge on any atom is -0.489 e. The van der Waals surface area contributed by atoms with E-state index >= 15 is 0 Å². The standard InChI is InChI=1S/C22H27NO4/c1-13-14(2)21-19(15(3)20(13)26-16(4)24)10-11-22(5,27-21)12-25-18-8-6-17(23)7-9-18/h6-9H,10-12,23H2,1-5H3. The van der Waals surface area contributed by atoms with Gasteiger partial charge in [-0.2, -0.15) is 0 Å². The van der Waals surface area contributed by atoms with Crippen molar-refractivity contribution < 1.29 is 19.0 Å². The second-order valence-corrected chi connectivity index (χ2v) is 7.52. The van der Waals surface area contributed by atoms with Gasteiger partial charge in [-0.3, -0.25) is 4.79 Å². The highest BCUT2D eigenvalue weighted by Crippen LogP contribution is 2.43. The Balaban J connectivity index is 1.84. The average Bonchev–Trinajstić information content (AvgIpc) is 2.63. The highest BCUT2D eigenvalue weighted by molar-refractivity contribution is 5.72. The van der Waals surface area contributed by atoms with Crippen LogP contribution in [0.4, 0.5) is 5.69 Å². The number of nitrogens with two attached hydrogens (primary N) is 1. The molecule has 0 fully saturated rings. The fraction of sp³-hybridized carbons (Fsp3) is 0.409. The van der Waals surface area contributed by atoms with Crippen LogP contribution in [-0.2, 0) is 11.2 Å². The lowest BCUT2D eigenvalue weighted by atomic mass is 9.87. The van der Waals surface area contributed by atoms with Gasteiger partial charge in [0, 0.05) is 18.2 Å². The molecule has 2 aromatic carbocycles. The Bertz CT molecular complexity index is 873. The van der Waals surface area contributed by atoms with Crippen LogP contribution < -0.4 is 19.9 Å². The molecular formula is C22H27NO4. The van der Waals surface area contributed by atoms with Gasteiger partial charge in [-0.05, 0) is 81.5 Å². The van der Waals surface area contributed by atoms with E-state index in [1.165, 1.54) is 6.92 Å². The largest absolute Gasteiger partial charge is 0.489 e. The molecule has 0 spiro atoms. The third kappa shape index (κ3) is 3.87. The molecule has 0 amide bonds. The third-order valence-corrected chi connectivity index (χ3v) is 5.23. The minimum atomic E-state index is -0.430. The Morgan fingerprint density at radius 1 is 1.15 bits per heavy atom. The molecule has 2 aromatic rings.